The molecule has 1 aliphatic heterocycles. The first-order valence-corrected chi connectivity index (χ1v) is 6.43. The SMILES string of the molecule is COc1ccc(C(N)c2ccc3c(c2)CCO3)cc1.Cl. The van der Waals surface area contributed by atoms with Gasteiger partial charge in [-0.25, -0.2) is 0 Å². The third-order valence-corrected chi connectivity index (χ3v) is 3.55. The second-order valence-corrected chi connectivity index (χ2v) is 4.72. The van der Waals surface area contributed by atoms with Gasteiger partial charge in [0.05, 0.1) is 19.8 Å². The Kier molecular flexibility index (Phi) is 4.53. The van der Waals surface area contributed by atoms with Gasteiger partial charge in [-0.05, 0) is 34.9 Å². The standard InChI is InChI=1S/C16H17NO2.ClH/c1-18-14-5-2-11(3-6-14)16(17)13-4-7-15-12(10-13)8-9-19-15;/h2-7,10,16H,8-9,17H2,1H3;1H. The van der Waals surface area contributed by atoms with Crippen LogP contribution >= 0.6 is 12.4 Å². The average molecular weight is 292 g/mol. The van der Waals surface area contributed by atoms with E-state index in [0.29, 0.717) is 0 Å². The Bertz CT molecular complexity index is 584. The maximum Gasteiger partial charge on any atom is 0.122 e. The highest BCUT2D eigenvalue weighted by atomic mass is 35.5. The number of nitrogens with two attached hydrogens (primary N) is 1. The van der Waals surface area contributed by atoms with Crippen LogP contribution in [0.25, 0.3) is 0 Å². The van der Waals surface area contributed by atoms with Gasteiger partial charge in [0, 0.05) is 6.42 Å². The van der Waals surface area contributed by atoms with Crippen LogP contribution in [-0.4, -0.2) is 13.7 Å². The first kappa shape index (κ1) is 14.7. The molecule has 1 unspecified atom stereocenters. The lowest BCUT2D eigenvalue weighted by molar-refractivity contribution is 0.357. The van der Waals surface area contributed by atoms with Gasteiger partial charge in [0.1, 0.15) is 11.5 Å². The van der Waals surface area contributed by atoms with Crippen molar-refractivity contribution in [1.29, 1.82) is 0 Å². The molecule has 20 heavy (non-hydrogen) atoms. The van der Waals surface area contributed by atoms with Crippen LogP contribution in [0.3, 0.4) is 0 Å². The van der Waals surface area contributed by atoms with Crippen molar-refractivity contribution >= 4 is 12.4 Å². The lowest BCUT2D eigenvalue weighted by Gasteiger charge is -2.14. The number of benzene rings is 2. The summed E-state index contributed by atoms with van der Waals surface area (Å²) in [6.45, 7) is 0.774. The van der Waals surface area contributed by atoms with Gasteiger partial charge >= 0.3 is 0 Å². The monoisotopic (exact) mass is 291 g/mol. The van der Waals surface area contributed by atoms with Gasteiger partial charge in [-0.15, -0.1) is 12.4 Å². The molecule has 106 valence electrons. The number of rotatable bonds is 3. The summed E-state index contributed by atoms with van der Waals surface area (Å²) in [5.74, 6) is 1.84. The van der Waals surface area contributed by atoms with E-state index in [1.807, 2.05) is 36.4 Å². The Balaban J connectivity index is 0.00000147. The number of ether oxygens (including phenoxy) is 2. The zero-order chi connectivity index (χ0) is 13.2. The largest absolute Gasteiger partial charge is 0.497 e. The van der Waals surface area contributed by atoms with Crippen LogP contribution in [0.15, 0.2) is 42.5 Å². The summed E-state index contributed by atoms with van der Waals surface area (Å²) >= 11 is 0. The first-order chi connectivity index (χ1) is 9.28. The molecule has 0 fully saturated rings. The Morgan fingerprint density at radius 3 is 2.50 bits per heavy atom. The number of hydrogen-bond donors (Lipinski definition) is 1. The molecule has 0 saturated heterocycles. The fraction of sp³-hybridized carbons (Fsp3) is 0.250. The van der Waals surface area contributed by atoms with Crippen LogP contribution < -0.4 is 15.2 Å². The molecule has 0 bridgehead atoms. The molecule has 2 aromatic rings. The number of halogens is 1. The molecule has 3 nitrogen and oxygen atoms in total. The Hall–Kier alpha value is -1.71. The third-order valence-electron chi connectivity index (χ3n) is 3.55. The molecule has 0 amide bonds. The van der Waals surface area contributed by atoms with E-state index in [4.69, 9.17) is 15.2 Å². The van der Waals surface area contributed by atoms with Crippen molar-refractivity contribution in [2.45, 2.75) is 12.5 Å². The molecule has 2 N–H and O–H groups in total. The fourth-order valence-corrected chi connectivity index (χ4v) is 2.40. The average Bonchev–Trinajstić information content (AvgIpc) is 2.94. The highest BCUT2D eigenvalue weighted by Gasteiger charge is 2.15. The van der Waals surface area contributed by atoms with Crippen molar-refractivity contribution in [3.63, 3.8) is 0 Å². The molecule has 0 radical (unpaired) electrons. The Labute approximate surface area is 125 Å². The molecule has 1 atom stereocenters. The van der Waals surface area contributed by atoms with E-state index >= 15 is 0 Å². The maximum atomic E-state index is 6.32. The van der Waals surface area contributed by atoms with Crippen LogP contribution in [0.5, 0.6) is 11.5 Å². The van der Waals surface area contributed by atoms with Crippen LogP contribution in [0.2, 0.25) is 0 Å². The van der Waals surface area contributed by atoms with Crippen LogP contribution in [0.1, 0.15) is 22.7 Å². The van der Waals surface area contributed by atoms with Gasteiger partial charge in [0.15, 0.2) is 0 Å². The van der Waals surface area contributed by atoms with E-state index in [1.165, 1.54) is 5.56 Å². The summed E-state index contributed by atoms with van der Waals surface area (Å²) in [4.78, 5) is 0. The van der Waals surface area contributed by atoms with E-state index in [0.717, 1.165) is 35.7 Å². The minimum Gasteiger partial charge on any atom is -0.497 e. The topological polar surface area (TPSA) is 44.5 Å². The lowest BCUT2D eigenvalue weighted by atomic mass is 9.97. The van der Waals surface area contributed by atoms with Crippen molar-refractivity contribution in [3.8, 4) is 11.5 Å². The van der Waals surface area contributed by atoms with Crippen LogP contribution in [0.4, 0.5) is 0 Å². The van der Waals surface area contributed by atoms with Crippen LogP contribution in [-0.2, 0) is 6.42 Å². The molecule has 2 aromatic carbocycles. The second kappa shape index (κ2) is 6.16. The molecular formula is C16H18ClNO2. The van der Waals surface area contributed by atoms with Crippen molar-refractivity contribution in [2.24, 2.45) is 5.73 Å². The van der Waals surface area contributed by atoms with E-state index < -0.39 is 0 Å². The van der Waals surface area contributed by atoms with Crippen molar-refractivity contribution in [1.82, 2.24) is 0 Å². The minimum atomic E-state index is -0.114. The summed E-state index contributed by atoms with van der Waals surface area (Å²) in [6, 6.07) is 14.0. The molecule has 0 saturated carbocycles. The van der Waals surface area contributed by atoms with Crippen LogP contribution in [0, 0.1) is 0 Å². The quantitative estimate of drug-likeness (QED) is 0.945. The lowest BCUT2D eigenvalue weighted by Crippen LogP contribution is -2.11. The summed E-state index contributed by atoms with van der Waals surface area (Å²) in [5.41, 5.74) is 9.77. The normalized spacial score (nSPS) is 13.9. The maximum absolute atomic E-state index is 6.32. The van der Waals surface area contributed by atoms with Crippen molar-refractivity contribution in [3.05, 3.63) is 59.2 Å². The van der Waals surface area contributed by atoms with E-state index in [-0.39, 0.29) is 18.4 Å². The predicted molar refractivity (Wildman–Crippen MR) is 81.9 cm³/mol. The van der Waals surface area contributed by atoms with Gasteiger partial charge < -0.3 is 15.2 Å². The smallest absolute Gasteiger partial charge is 0.122 e. The van der Waals surface area contributed by atoms with Gasteiger partial charge in [-0.2, -0.15) is 0 Å². The summed E-state index contributed by atoms with van der Waals surface area (Å²) in [7, 11) is 1.66. The van der Waals surface area contributed by atoms with Gasteiger partial charge in [0.2, 0.25) is 0 Å². The third kappa shape index (κ3) is 2.74. The highest BCUT2D eigenvalue weighted by molar-refractivity contribution is 5.85. The fourth-order valence-electron chi connectivity index (χ4n) is 2.40. The molecular weight excluding hydrogens is 274 g/mol. The second-order valence-electron chi connectivity index (χ2n) is 4.72. The molecule has 3 rings (SSSR count). The zero-order valence-electron chi connectivity index (χ0n) is 11.3. The molecule has 0 aromatic heterocycles. The Morgan fingerprint density at radius 1 is 1.10 bits per heavy atom. The van der Waals surface area contributed by atoms with E-state index in [9.17, 15) is 0 Å². The van der Waals surface area contributed by atoms with E-state index in [2.05, 4.69) is 6.07 Å². The predicted octanol–water partition coefficient (Wildman–Crippen LogP) is 3.10. The summed E-state index contributed by atoms with van der Waals surface area (Å²) in [6.07, 6.45) is 0.971. The minimum absolute atomic E-state index is 0. The molecule has 1 aliphatic rings. The molecule has 1 heterocycles. The number of fused-ring (bicyclic) bond motifs is 1. The van der Waals surface area contributed by atoms with Crippen molar-refractivity contribution < 1.29 is 9.47 Å². The zero-order valence-corrected chi connectivity index (χ0v) is 12.2. The summed E-state index contributed by atoms with van der Waals surface area (Å²) < 4.78 is 10.7. The number of hydrogen-bond acceptors (Lipinski definition) is 3. The Morgan fingerprint density at radius 2 is 1.80 bits per heavy atom. The molecule has 0 aliphatic carbocycles. The molecule has 0 spiro atoms. The summed E-state index contributed by atoms with van der Waals surface area (Å²) in [5, 5.41) is 0. The van der Waals surface area contributed by atoms with Gasteiger partial charge in [-0.3, -0.25) is 0 Å². The highest BCUT2D eigenvalue weighted by Crippen LogP contribution is 2.30. The van der Waals surface area contributed by atoms with Crippen molar-refractivity contribution in [2.75, 3.05) is 13.7 Å². The van der Waals surface area contributed by atoms with E-state index in [1.54, 1.807) is 7.11 Å². The first-order valence-electron chi connectivity index (χ1n) is 6.43. The number of methoxy groups -OCH3 is 1. The van der Waals surface area contributed by atoms with Gasteiger partial charge in [-0.1, -0.05) is 24.3 Å². The van der Waals surface area contributed by atoms with Gasteiger partial charge in [0.25, 0.3) is 0 Å². The molecule has 4 heteroatoms.